The van der Waals surface area contributed by atoms with E-state index in [-0.39, 0.29) is 5.82 Å². The van der Waals surface area contributed by atoms with E-state index in [0.29, 0.717) is 6.04 Å². The third-order valence-corrected chi connectivity index (χ3v) is 4.51. The number of hydrogen-bond acceptors (Lipinski definition) is 2. The molecular weight excluding hydrogens is 281 g/mol. The highest BCUT2D eigenvalue weighted by atomic mass is 32.2. The lowest BCUT2D eigenvalue weighted by Crippen LogP contribution is -2.33. The van der Waals surface area contributed by atoms with Crippen molar-refractivity contribution in [3.05, 3.63) is 65.5 Å². The number of nitrogens with one attached hydrogen (secondary N) is 1. The quantitative estimate of drug-likeness (QED) is 0.759. The van der Waals surface area contributed by atoms with Crippen LogP contribution in [0.25, 0.3) is 0 Å². The molecule has 0 aliphatic rings. The molecule has 0 spiro atoms. The summed E-state index contributed by atoms with van der Waals surface area (Å²) in [5.74, 6) is 0.821. The summed E-state index contributed by atoms with van der Waals surface area (Å²) in [6.07, 6.45) is 0.852. The minimum absolute atomic E-state index is 0.158. The molecule has 0 saturated heterocycles. The summed E-state index contributed by atoms with van der Waals surface area (Å²) in [6.45, 7) is 5.13. The predicted molar refractivity (Wildman–Crippen MR) is 89.5 cm³/mol. The molecule has 0 radical (unpaired) electrons. The van der Waals surface area contributed by atoms with Crippen LogP contribution in [0.2, 0.25) is 0 Å². The fourth-order valence-corrected chi connectivity index (χ4v) is 3.22. The van der Waals surface area contributed by atoms with Gasteiger partial charge in [0.2, 0.25) is 0 Å². The summed E-state index contributed by atoms with van der Waals surface area (Å²) < 4.78 is 13.3. The Balaban J connectivity index is 1.93. The van der Waals surface area contributed by atoms with Gasteiger partial charge in [0.15, 0.2) is 0 Å². The molecule has 0 saturated carbocycles. The Hall–Kier alpha value is -1.32. The molecule has 3 heteroatoms. The summed E-state index contributed by atoms with van der Waals surface area (Å²) in [5, 5.41) is 3.49. The Kier molecular flexibility index (Phi) is 6.27. The monoisotopic (exact) mass is 303 g/mol. The van der Waals surface area contributed by atoms with Gasteiger partial charge in [0.25, 0.3) is 0 Å². The van der Waals surface area contributed by atoms with Gasteiger partial charge in [-0.15, -0.1) is 11.8 Å². The van der Waals surface area contributed by atoms with E-state index < -0.39 is 0 Å². The average Bonchev–Trinajstić information content (AvgIpc) is 2.47. The van der Waals surface area contributed by atoms with E-state index in [4.69, 9.17) is 0 Å². The van der Waals surface area contributed by atoms with Crippen molar-refractivity contribution in [3.8, 4) is 0 Å². The first-order valence-corrected chi connectivity index (χ1v) is 8.33. The molecule has 21 heavy (non-hydrogen) atoms. The third kappa shape index (κ3) is 5.52. The van der Waals surface area contributed by atoms with Crippen LogP contribution in [0.15, 0.2) is 53.4 Å². The summed E-state index contributed by atoms with van der Waals surface area (Å²) >= 11 is 1.84. The normalized spacial score (nSPS) is 12.3. The zero-order valence-electron chi connectivity index (χ0n) is 12.6. The molecule has 0 fully saturated rings. The minimum Gasteiger partial charge on any atom is -0.313 e. The molecule has 0 aliphatic carbocycles. The highest BCUT2D eigenvalue weighted by molar-refractivity contribution is 7.99. The second kappa shape index (κ2) is 8.20. The zero-order chi connectivity index (χ0) is 15.1. The second-order valence-electron chi connectivity index (χ2n) is 5.21. The van der Waals surface area contributed by atoms with Gasteiger partial charge in [0.05, 0.1) is 0 Å². The fourth-order valence-electron chi connectivity index (χ4n) is 2.26. The van der Waals surface area contributed by atoms with Crippen LogP contribution >= 0.6 is 11.8 Å². The molecule has 1 N–H and O–H groups in total. The summed E-state index contributed by atoms with van der Waals surface area (Å²) in [5.41, 5.74) is 2.33. The van der Waals surface area contributed by atoms with Crippen LogP contribution in [0.3, 0.4) is 0 Å². The van der Waals surface area contributed by atoms with E-state index in [0.717, 1.165) is 24.3 Å². The van der Waals surface area contributed by atoms with Gasteiger partial charge in [-0.05, 0) is 49.7 Å². The molecule has 1 atom stereocenters. The van der Waals surface area contributed by atoms with Crippen molar-refractivity contribution in [2.24, 2.45) is 0 Å². The SMILES string of the molecule is CCNC(CSc1ccc(C)cc1)Cc1cccc(F)c1. The number of halogens is 1. The molecule has 0 amide bonds. The lowest BCUT2D eigenvalue weighted by Gasteiger charge is -2.17. The number of benzene rings is 2. The molecule has 0 bridgehead atoms. The summed E-state index contributed by atoms with van der Waals surface area (Å²) in [6, 6.07) is 15.8. The number of likely N-dealkylation sites (N-methyl/N-ethyl adjacent to an activating group) is 1. The van der Waals surface area contributed by atoms with Gasteiger partial charge in [-0.3, -0.25) is 0 Å². The zero-order valence-corrected chi connectivity index (χ0v) is 13.4. The second-order valence-corrected chi connectivity index (χ2v) is 6.31. The van der Waals surface area contributed by atoms with Gasteiger partial charge >= 0.3 is 0 Å². The standard InChI is InChI=1S/C18H22FNS/c1-3-20-17(12-15-5-4-6-16(19)11-15)13-21-18-9-7-14(2)8-10-18/h4-11,17,20H,3,12-13H2,1-2H3. The molecule has 112 valence electrons. The predicted octanol–water partition coefficient (Wildman–Crippen LogP) is 4.45. The van der Waals surface area contributed by atoms with Crippen LogP contribution in [-0.4, -0.2) is 18.3 Å². The van der Waals surface area contributed by atoms with Crippen LogP contribution in [0, 0.1) is 12.7 Å². The van der Waals surface area contributed by atoms with Crippen LogP contribution in [0.5, 0.6) is 0 Å². The number of thioether (sulfide) groups is 1. The Morgan fingerprint density at radius 3 is 2.57 bits per heavy atom. The van der Waals surface area contributed by atoms with Crippen molar-refractivity contribution in [2.45, 2.75) is 31.2 Å². The van der Waals surface area contributed by atoms with Gasteiger partial charge in [0.1, 0.15) is 5.82 Å². The Morgan fingerprint density at radius 2 is 1.90 bits per heavy atom. The number of hydrogen-bond donors (Lipinski definition) is 1. The molecule has 2 aromatic carbocycles. The average molecular weight is 303 g/mol. The van der Waals surface area contributed by atoms with Gasteiger partial charge in [-0.25, -0.2) is 4.39 Å². The maximum absolute atomic E-state index is 13.3. The molecule has 2 aromatic rings. The highest BCUT2D eigenvalue weighted by Gasteiger charge is 2.09. The topological polar surface area (TPSA) is 12.0 Å². The smallest absolute Gasteiger partial charge is 0.123 e. The van der Waals surface area contributed by atoms with Crippen LogP contribution in [0.4, 0.5) is 4.39 Å². The first-order chi connectivity index (χ1) is 10.2. The van der Waals surface area contributed by atoms with Crippen molar-refractivity contribution >= 4 is 11.8 Å². The Bertz CT molecular complexity index is 553. The Labute approximate surface area is 131 Å². The molecule has 0 heterocycles. The van der Waals surface area contributed by atoms with Gasteiger partial charge in [-0.2, -0.15) is 0 Å². The van der Waals surface area contributed by atoms with Gasteiger partial charge < -0.3 is 5.32 Å². The van der Waals surface area contributed by atoms with E-state index in [2.05, 4.69) is 43.4 Å². The number of rotatable bonds is 7. The molecule has 1 nitrogen and oxygen atoms in total. The van der Waals surface area contributed by atoms with Crippen molar-refractivity contribution in [1.29, 1.82) is 0 Å². The molecule has 1 unspecified atom stereocenters. The maximum Gasteiger partial charge on any atom is 0.123 e. The third-order valence-electron chi connectivity index (χ3n) is 3.34. The van der Waals surface area contributed by atoms with Crippen molar-refractivity contribution in [1.82, 2.24) is 5.32 Å². The molecule has 2 rings (SSSR count). The van der Waals surface area contributed by atoms with Crippen molar-refractivity contribution in [3.63, 3.8) is 0 Å². The first-order valence-electron chi connectivity index (χ1n) is 7.34. The lowest BCUT2D eigenvalue weighted by molar-refractivity contribution is 0.568. The highest BCUT2D eigenvalue weighted by Crippen LogP contribution is 2.20. The van der Waals surface area contributed by atoms with Gasteiger partial charge in [0, 0.05) is 16.7 Å². The molecule has 0 aliphatic heterocycles. The molecular formula is C18H22FNS. The van der Waals surface area contributed by atoms with E-state index in [9.17, 15) is 4.39 Å². The lowest BCUT2D eigenvalue weighted by atomic mass is 10.1. The largest absolute Gasteiger partial charge is 0.313 e. The van der Waals surface area contributed by atoms with Crippen molar-refractivity contribution < 1.29 is 4.39 Å². The summed E-state index contributed by atoms with van der Waals surface area (Å²) in [4.78, 5) is 1.28. The van der Waals surface area contributed by atoms with Crippen molar-refractivity contribution in [2.75, 3.05) is 12.3 Å². The Morgan fingerprint density at radius 1 is 1.14 bits per heavy atom. The van der Waals surface area contributed by atoms with Crippen LogP contribution < -0.4 is 5.32 Å². The van der Waals surface area contributed by atoms with E-state index in [1.165, 1.54) is 16.5 Å². The van der Waals surface area contributed by atoms with Crippen LogP contribution in [-0.2, 0) is 6.42 Å². The number of aryl methyl sites for hydroxylation is 1. The van der Waals surface area contributed by atoms with E-state index in [1.807, 2.05) is 17.8 Å². The van der Waals surface area contributed by atoms with Gasteiger partial charge in [-0.1, -0.05) is 36.8 Å². The van der Waals surface area contributed by atoms with E-state index >= 15 is 0 Å². The summed E-state index contributed by atoms with van der Waals surface area (Å²) in [7, 11) is 0. The van der Waals surface area contributed by atoms with Crippen LogP contribution in [0.1, 0.15) is 18.1 Å². The molecule has 0 aromatic heterocycles. The fraction of sp³-hybridized carbons (Fsp3) is 0.333. The minimum atomic E-state index is -0.158. The van der Waals surface area contributed by atoms with E-state index in [1.54, 1.807) is 12.1 Å². The first kappa shape index (κ1) is 16.1. The maximum atomic E-state index is 13.3.